The Labute approximate surface area is 239 Å². The van der Waals surface area contributed by atoms with Crippen molar-refractivity contribution in [3.8, 4) is 11.3 Å². The maximum absolute atomic E-state index is 12.8. The number of hydrogen-bond acceptors (Lipinski definition) is 4. The number of carbonyl (C=O) groups is 1. The van der Waals surface area contributed by atoms with Crippen molar-refractivity contribution in [3.63, 3.8) is 0 Å². The summed E-state index contributed by atoms with van der Waals surface area (Å²) in [5.41, 5.74) is 5.07. The van der Waals surface area contributed by atoms with E-state index < -0.39 is 0 Å². The van der Waals surface area contributed by atoms with E-state index in [1.54, 1.807) is 18.3 Å². The van der Waals surface area contributed by atoms with E-state index in [1.807, 2.05) is 61.3 Å². The number of aryl methyl sites for hydroxylation is 1. The molecule has 0 fully saturated rings. The minimum atomic E-state index is -0.153. The summed E-state index contributed by atoms with van der Waals surface area (Å²) in [5.74, 6) is 0.928. The number of benzene rings is 2. The number of halogens is 1. The zero-order valence-corrected chi connectivity index (χ0v) is 25.3. The van der Waals surface area contributed by atoms with Crippen LogP contribution in [0, 0.1) is 6.92 Å². The van der Waals surface area contributed by atoms with E-state index in [0.717, 1.165) is 47.6 Å². The van der Waals surface area contributed by atoms with Crippen LogP contribution in [0.3, 0.4) is 0 Å². The third kappa shape index (κ3) is 10.7. The number of aromatic nitrogens is 1. The monoisotopic (exact) mass is 553 g/mol. The summed E-state index contributed by atoms with van der Waals surface area (Å²) in [7, 11) is 0. The standard InChI is InChI=1S/C25H28ClN3OS.C7H16/c1-4-14-29(31-15-5-2)21-10-7-19(8-11-21)25(30)28-20-9-12-23(26)22(16-20)24-13-6-18(3)17-27-24;1-3-5-7-6-4-2/h6-13,16-17H,4-5,14-15H2,1-3H3,(H,28,30);3-7H2,1-2H3. The lowest BCUT2D eigenvalue weighted by atomic mass is 10.1. The molecule has 1 N–H and O–H groups in total. The molecule has 0 bridgehead atoms. The largest absolute Gasteiger partial charge is 0.322 e. The molecule has 6 heteroatoms. The molecule has 0 aliphatic heterocycles. The molecule has 0 saturated heterocycles. The topological polar surface area (TPSA) is 45.2 Å². The van der Waals surface area contributed by atoms with Crippen LogP contribution in [0.15, 0.2) is 60.8 Å². The number of hydrogen-bond donors (Lipinski definition) is 1. The number of rotatable bonds is 13. The molecule has 38 heavy (non-hydrogen) atoms. The molecule has 3 rings (SSSR count). The van der Waals surface area contributed by atoms with Crippen LogP contribution in [-0.4, -0.2) is 23.2 Å². The molecule has 3 aromatic rings. The number of unbranched alkanes of at least 4 members (excludes halogenated alkanes) is 4. The predicted octanol–water partition coefficient (Wildman–Crippen LogP) is 10.2. The van der Waals surface area contributed by atoms with Crippen molar-refractivity contribution in [2.45, 2.75) is 79.6 Å². The lowest BCUT2D eigenvalue weighted by molar-refractivity contribution is 0.102. The van der Waals surface area contributed by atoms with E-state index in [9.17, 15) is 4.79 Å². The van der Waals surface area contributed by atoms with Gasteiger partial charge in [-0.3, -0.25) is 9.78 Å². The Kier molecular flexibility index (Phi) is 14.9. The average Bonchev–Trinajstić information content (AvgIpc) is 2.93. The van der Waals surface area contributed by atoms with Gasteiger partial charge >= 0.3 is 0 Å². The molecule has 0 aliphatic carbocycles. The molecule has 0 spiro atoms. The van der Waals surface area contributed by atoms with E-state index in [4.69, 9.17) is 11.6 Å². The summed E-state index contributed by atoms with van der Waals surface area (Å²) in [4.78, 5) is 17.2. The second-order valence-electron chi connectivity index (χ2n) is 9.41. The molecule has 0 radical (unpaired) electrons. The Hall–Kier alpha value is -2.50. The summed E-state index contributed by atoms with van der Waals surface area (Å²) in [6.07, 6.45) is 11.0. The summed E-state index contributed by atoms with van der Waals surface area (Å²) >= 11 is 8.21. The van der Waals surface area contributed by atoms with E-state index in [2.05, 4.69) is 42.3 Å². The predicted molar refractivity (Wildman–Crippen MR) is 169 cm³/mol. The summed E-state index contributed by atoms with van der Waals surface area (Å²) in [5, 5.41) is 3.57. The lowest BCUT2D eigenvalue weighted by Crippen LogP contribution is -2.16. The zero-order chi connectivity index (χ0) is 27.8. The fourth-order valence-electron chi connectivity index (χ4n) is 3.76. The maximum atomic E-state index is 12.8. The molecule has 1 aromatic heterocycles. The Bertz CT molecular complexity index is 1080. The Morgan fingerprint density at radius 3 is 2.18 bits per heavy atom. The van der Waals surface area contributed by atoms with E-state index >= 15 is 0 Å². The highest BCUT2D eigenvalue weighted by molar-refractivity contribution is 8.00. The number of carbonyl (C=O) groups excluding carboxylic acids is 1. The van der Waals surface area contributed by atoms with Crippen molar-refractivity contribution in [1.82, 2.24) is 4.98 Å². The first-order valence-electron chi connectivity index (χ1n) is 14.0. The van der Waals surface area contributed by atoms with Gasteiger partial charge in [0.25, 0.3) is 5.91 Å². The summed E-state index contributed by atoms with van der Waals surface area (Å²) in [6, 6.07) is 17.1. The normalized spacial score (nSPS) is 10.5. The molecule has 1 amide bonds. The van der Waals surface area contributed by atoms with Crippen molar-refractivity contribution < 1.29 is 4.79 Å². The van der Waals surface area contributed by atoms with Crippen molar-refractivity contribution in [2.24, 2.45) is 0 Å². The third-order valence-electron chi connectivity index (χ3n) is 5.91. The lowest BCUT2D eigenvalue weighted by Gasteiger charge is -2.22. The molecule has 0 atom stereocenters. The zero-order valence-electron chi connectivity index (χ0n) is 23.7. The highest BCUT2D eigenvalue weighted by Gasteiger charge is 2.12. The number of nitrogens with zero attached hydrogens (tertiary/aromatic N) is 2. The number of nitrogens with one attached hydrogen (secondary N) is 1. The van der Waals surface area contributed by atoms with Crippen LogP contribution in [0.4, 0.5) is 11.4 Å². The third-order valence-corrected chi connectivity index (χ3v) is 7.54. The van der Waals surface area contributed by atoms with Gasteiger partial charge in [-0.25, -0.2) is 0 Å². The maximum Gasteiger partial charge on any atom is 0.255 e. The highest BCUT2D eigenvalue weighted by Crippen LogP contribution is 2.30. The van der Waals surface area contributed by atoms with Crippen molar-refractivity contribution in [3.05, 3.63) is 76.9 Å². The fourth-order valence-corrected chi connectivity index (χ4v) is 4.96. The van der Waals surface area contributed by atoms with Gasteiger partial charge in [-0.1, -0.05) is 77.5 Å². The number of amides is 1. The van der Waals surface area contributed by atoms with Crippen LogP contribution in [-0.2, 0) is 0 Å². The van der Waals surface area contributed by atoms with Crippen LogP contribution >= 0.6 is 23.5 Å². The van der Waals surface area contributed by atoms with E-state index in [0.29, 0.717) is 16.3 Å². The van der Waals surface area contributed by atoms with Crippen LogP contribution in [0.1, 0.15) is 88.6 Å². The molecule has 2 aromatic carbocycles. The summed E-state index contributed by atoms with van der Waals surface area (Å²) in [6.45, 7) is 11.8. The molecule has 206 valence electrons. The Morgan fingerprint density at radius 2 is 1.61 bits per heavy atom. The molecule has 1 heterocycles. The number of pyridine rings is 1. The first-order valence-corrected chi connectivity index (χ1v) is 15.3. The molecule has 0 aliphatic rings. The van der Waals surface area contributed by atoms with Gasteiger partial charge in [0.1, 0.15) is 0 Å². The second kappa shape index (κ2) is 17.9. The molecular weight excluding hydrogens is 510 g/mol. The minimum Gasteiger partial charge on any atom is -0.322 e. The van der Waals surface area contributed by atoms with Crippen molar-refractivity contribution in [1.29, 1.82) is 0 Å². The average molecular weight is 554 g/mol. The molecule has 4 nitrogen and oxygen atoms in total. The van der Waals surface area contributed by atoms with Gasteiger partial charge in [-0.05, 0) is 85.8 Å². The highest BCUT2D eigenvalue weighted by atomic mass is 35.5. The minimum absolute atomic E-state index is 0.153. The smallest absolute Gasteiger partial charge is 0.255 e. The summed E-state index contributed by atoms with van der Waals surface area (Å²) < 4.78 is 2.30. The van der Waals surface area contributed by atoms with Gasteiger partial charge in [0.15, 0.2) is 0 Å². The Morgan fingerprint density at radius 1 is 0.895 bits per heavy atom. The van der Waals surface area contributed by atoms with Crippen molar-refractivity contribution >= 4 is 40.8 Å². The van der Waals surface area contributed by atoms with Gasteiger partial charge in [0.2, 0.25) is 0 Å². The van der Waals surface area contributed by atoms with Crippen LogP contribution in [0.5, 0.6) is 0 Å². The van der Waals surface area contributed by atoms with Gasteiger partial charge in [-0.15, -0.1) is 0 Å². The number of anilines is 2. The van der Waals surface area contributed by atoms with Gasteiger partial charge < -0.3 is 9.62 Å². The molecular formula is C32H44ClN3OS. The van der Waals surface area contributed by atoms with E-state index in [-0.39, 0.29) is 5.91 Å². The van der Waals surface area contributed by atoms with Crippen molar-refractivity contribution in [2.75, 3.05) is 21.9 Å². The van der Waals surface area contributed by atoms with Gasteiger partial charge in [-0.2, -0.15) is 0 Å². The first kappa shape index (κ1) is 31.7. The van der Waals surface area contributed by atoms with Gasteiger partial charge in [0, 0.05) is 41.0 Å². The molecule has 0 unspecified atom stereocenters. The fraction of sp³-hybridized carbons (Fsp3) is 0.438. The second-order valence-corrected chi connectivity index (χ2v) is 10.9. The van der Waals surface area contributed by atoms with Crippen LogP contribution in [0.2, 0.25) is 5.02 Å². The van der Waals surface area contributed by atoms with Crippen LogP contribution in [0.25, 0.3) is 11.3 Å². The van der Waals surface area contributed by atoms with Crippen LogP contribution < -0.4 is 9.62 Å². The first-order chi connectivity index (χ1) is 18.4. The van der Waals surface area contributed by atoms with Gasteiger partial charge in [0.05, 0.1) is 10.7 Å². The SMILES string of the molecule is CCCCCCC.CCCSN(CCC)c1ccc(C(=O)Nc2ccc(Cl)c(-c3ccc(C)cn3)c2)cc1. The Balaban J connectivity index is 0.000000638. The quantitative estimate of drug-likeness (QED) is 0.169. The molecule has 0 saturated carbocycles. The van der Waals surface area contributed by atoms with E-state index in [1.165, 1.54) is 32.1 Å².